The first-order valence-corrected chi connectivity index (χ1v) is 4.70. The molecule has 0 fully saturated rings. The molecular weight excluding hydrogens is 192 g/mol. The van der Waals surface area contributed by atoms with Crippen molar-refractivity contribution >= 4 is 16.6 Å². The Morgan fingerprint density at radius 1 is 1.33 bits per heavy atom. The van der Waals surface area contributed by atoms with Crippen LogP contribution in [0.4, 0.5) is 5.69 Å². The number of aliphatic hydroxyl groups excluding tert-OH is 1. The van der Waals surface area contributed by atoms with E-state index in [4.69, 9.17) is 15.6 Å². The number of benzene rings is 1. The summed E-state index contributed by atoms with van der Waals surface area (Å²) >= 11 is 0. The minimum atomic E-state index is -0.0152. The van der Waals surface area contributed by atoms with Crippen molar-refractivity contribution < 1.29 is 9.84 Å². The zero-order valence-corrected chi connectivity index (χ0v) is 8.18. The monoisotopic (exact) mass is 204 g/mol. The van der Waals surface area contributed by atoms with Crippen molar-refractivity contribution in [3.05, 3.63) is 30.5 Å². The number of hydrogen-bond acceptors (Lipinski definition) is 4. The third-order valence-corrected chi connectivity index (χ3v) is 2.12. The molecule has 78 valence electrons. The maximum Gasteiger partial charge on any atom is 0.145 e. The summed E-state index contributed by atoms with van der Waals surface area (Å²) in [5, 5.41) is 9.55. The SMILES string of the molecule is Nc1ccc(OCCO)c2ncccc12. The van der Waals surface area contributed by atoms with Crippen LogP contribution in [0.1, 0.15) is 0 Å². The first kappa shape index (κ1) is 9.73. The lowest BCUT2D eigenvalue weighted by Crippen LogP contribution is -2.02. The van der Waals surface area contributed by atoms with E-state index in [0.29, 0.717) is 11.4 Å². The highest BCUT2D eigenvalue weighted by Gasteiger charge is 2.05. The lowest BCUT2D eigenvalue weighted by molar-refractivity contribution is 0.202. The van der Waals surface area contributed by atoms with Crippen molar-refractivity contribution in [3.8, 4) is 5.75 Å². The van der Waals surface area contributed by atoms with Crippen LogP contribution in [0, 0.1) is 0 Å². The van der Waals surface area contributed by atoms with E-state index in [1.54, 1.807) is 18.3 Å². The van der Waals surface area contributed by atoms with Gasteiger partial charge in [-0.1, -0.05) is 0 Å². The number of pyridine rings is 1. The average Bonchev–Trinajstić information content (AvgIpc) is 2.29. The lowest BCUT2D eigenvalue weighted by Gasteiger charge is -2.08. The van der Waals surface area contributed by atoms with Crippen LogP contribution in [0.3, 0.4) is 0 Å². The van der Waals surface area contributed by atoms with E-state index in [9.17, 15) is 0 Å². The third kappa shape index (κ3) is 1.85. The Morgan fingerprint density at radius 3 is 3.00 bits per heavy atom. The molecule has 0 saturated heterocycles. The number of hydrogen-bond donors (Lipinski definition) is 2. The number of nitrogen functional groups attached to an aromatic ring is 1. The molecule has 4 nitrogen and oxygen atoms in total. The predicted molar refractivity (Wildman–Crippen MR) is 58.7 cm³/mol. The number of nitrogens with zero attached hydrogens (tertiary/aromatic N) is 1. The van der Waals surface area contributed by atoms with Crippen LogP contribution < -0.4 is 10.5 Å². The fraction of sp³-hybridized carbons (Fsp3) is 0.182. The first-order chi connectivity index (χ1) is 7.33. The van der Waals surface area contributed by atoms with E-state index in [1.807, 2.05) is 12.1 Å². The number of anilines is 1. The van der Waals surface area contributed by atoms with Crippen molar-refractivity contribution in [1.82, 2.24) is 4.98 Å². The van der Waals surface area contributed by atoms with Crippen LogP contribution in [-0.4, -0.2) is 23.3 Å². The molecule has 4 heteroatoms. The van der Waals surface area contributed by atoms with Crippen LogP contribution in [0.25, 0.3) is 10.9 Å². The van der Waals surface area contributed by atoms with Crippen molar-refractivity contribution in [1.29, 1.82) is 0 Å². The Bertz CT molecular complexity index is 471. The van der Waals surface area contributed by atoms with Gasteiger partial charge in [0.25, 0.3) is 0 Å². The number of aliphatic hydroxyl groups is 1. The summed E-state index contributed by atoms with van der Waals surface area (Å²) in [6.45, 7) is 0.244. The second-order valence-electron chi connectivity index (χ2n) is 3.12. The van der Waals surface area contributed by atoms with Crippen molar-refractivity contribution in [2.24, 2.45) is 0 Å². The predicted octanol–water partition coefficient (Wildman–Crippen LogP) is 1.19. The largest absolute Gasteiger partial charge is 0.489 e. The fourth-order valence-electron chi connectivity index (χ4n) is 1.44. The molecule has 0 saturated carbocycles. The van der Waals surface area contributed by atoms with Crippen LogP contribution in [0.5, 0.6) is 5.75 Å². The molecule has 0 unspecified atom stereocenters. The fourth-order valence-corrected chi connectivity index (χ4v) is 1.44. The minimum absolute atomic E-state index is 0.0152. The number of rotatable bonds is 3. The van der Waals surface area contributed by atoms with Gasteiger partial charge in [0.05, 0.1) is 6.61 Å². The summed E-state index contributed by atoms with van der Waals surface area (Å²) in [6, 6.07) is 7.26. The number of aromatic nitrogens is 1. The second kappa shape index (κ2) is 4.14. The molecule has 0 bridgehead atoms. The molecule has 2 aromatic rings. The average molecular weight is 204 g/mol. The van der Waals surface area contributed by atoms with Gasteiger partial charge in [-0.25, -0.2) is 0 Å². The minimum Gasteiger partial charge on any atom is -0.489 e. The topological polar surface area (TPSA) is 68.4 Å². The van der Waals surface area contributed by atoms with E-state index in [1.165, 1.54) is 0 Å². The molecule has 2 rings (SSSR count). The molecule has 0 atom stereocenters. The normalized spacial score (nSPS) is 10.5. The van der Waals surface area contributed by atoms with Gasteiger partial charge in [-0.2, -0.15) is 0 Å². The van der Waals surface area contributed by atoms with E-state index in [-0.39, 0.29) is 13.2 Å². The molecule has 0 amide bonds. The Labute approximate surface area is 87.3 Å². The highest BCUT2D eigenvalue weighted by atomic mass is 16.5. The molecule has 1 heterocycles. The molecular formula is C11H12N2O2. The Morgan fingerprint density at radius 2 is 2.20 bits per heavy atom. The molecule has 1 aromatic heterocycles. The summed E-state index contributed by atoms with van der Waals surface area (Å²) < 4.78 is 5.36. The van der Waals surface area contributed by atoms with Gasteiger partial charge < -0.3 is 15.6 Å². The van der Waals surface area contributed by atoms with Crippen molar-refractivity contribution in [2.45, 2.75) is 0 Å². The number of fused-ring (bicyclic) bond motifs is 1. The van der Waals surface area contributed by atoms with Gasteiger partial charge in [0.1, 0.15) is 17.9 Å². The van der Waals surface area contributed by atoms with Gasteiger partial charge in [-0.3, -0.25) is 4.98 Å². The smallest absolute Gasteiger partial charge is 0.145 e. The molecule has 0 aliphatic carbocycles. The van der Waals surface area contributed by atoms with Gasteiger partial charge >= 0.3 is 0 Å². The summed E-state index contributed by atoms with van der Waals surface area (Å²) in [6.07, 6.45) is 1.69. The molecule has 3 N–H and O–H groups in total. The van der Waals surface area contributed by atoms with Crippen molar-refractivity contribution in [2.75, 3.05) is 18.9 Å². The van der Waals surface area contributed by atoms with E-state index >= 15 is 0 Å². The maximum absolute atomic E-state index is 8.68. The van der Waals surface area contributed by atoms with E-state index in [0.717, 1.165) is 10.9 Å². The molecule has 0 aliphatic rings. The highest BCUT2D eigenvalue weighted by molar-refractivity contribution is 5.94. The summed E-state index contributed by atoms with van der Waals surface area (Å²) in [5.74, 6) is 0.647. The van der Waals surface area contributed by atoms with Crippen LogP contribution in [0.2, 0.25) is 0 Å². The van der Waals surface area contributed by atoms with Crippen LogP contribution >= 0.6 is 0 Å². The van der Waals surface area contributed by atoms with Crippen molar-refractivity contribution in [3.63, 3.8) is 0 Å². The number of ether oxygens (including phenoxy) is 1. The lowest BCUT2D eigenvalue weighted by atomic mass is 10.2. The maximum atomic E-state index is 8.68. The molecule has 0 radical (unpaired) electrons. The molecule has 15 heavy (non-hydrogen) atoms. The van der Waals surface area contributed by atoms with Gasteiger partial charge in [-0.15, -0.1) is 0 Å². The Hall–Kier alpha value is -1.81. The van der Waals surface area contributed by atoms with Crippen LogP contribution in [-0.2, 0) is 0 Å². The number of nitrogens with two attached hydrogens (primary N) is 1. The van der Waals surface area contributed by atoms with Gasteiger partial charge in [0.15, 0.2) is 0 Å². The van der Waals surface area contributed by atoms with E-state index < -0.39 is 0 Å². The Balaban J connectivity index is 2.51. The highest BCUT2D eigenvalue weighted by Crippen LogP contribution is 2.27. The summed E-state index contributed by atoms with van der Waals surface area (Å²) in [4.78, 5) is 4.21. The first-order valence-electron chi connectivity index (χ1n) is 4.70. The summed E-state index contributed by atoms with van der Waals surface area (Å²) in [7, 11) is 0. The van der Waals surface area contributed by atoms with E-state index in [2.05, 4.69) is 4.98 Å². The molecule has 0 spiro atoms. The molecule has 0 aliphatic heterocycles. The zero-order valence-electron chi connectivity index (χ0n) is 8.18. The molecule has 1 aromatic carbocycles. The van der Waals surface area contributed by atoms with Gasteiger partial charge in [-0.05, 0) is 24.3 Å². The third-order valence-electron chi connectivity index (χ3n) is 2.12. The second-order valence-corrected chi connectivity index (χ2v) is 3.12. The Kier molecular flexibility index (Phi) is 2.69. The van der Waals surface area contributed by atoms with Gasteiger partial charge in [0, 0.05) is 17.3 Å². The summed E-state index contributed by atoms with van der Waals surface area (Å²) in [5.41, 5.74) is 7.21. The standard InChI is InChI=1S/C11H12N2O2/c12-9-3-4-10(15-7-6-14)11-8(9)2-1-5-13-11/h1-5,14H,6-7,12H2. The zero-order chi connectivity index (χ0) is 10.7. The van der Waals surface area contributed by atoms with Crippen LogP contribution in [0.15, 0.2) is 30.5 Å². The quantitative estimate of drug-likeness (QED) is 0.737. The van der Waals surface area contributed by atoms with Gasteiger partial charge in [0.2, 0.25) is 0 Å².